The number of thiazole rings is 1. The van der Waals surface area contributed by atoms with Gasteiger partial charge in [-0.05, 0) is 12.1 Å². The first kappa shape index (κ1) is 14.9. The largest absolute Gasteiger partial charge is 0.524 e. The molecule has 0 saturated carbocycles. The van der Waals surface area contributed by atoms with Crippen LogP contribution in [0.5, 0.6) is 5.75 Å². The second-order valence-electron chi connectivity index (χ2n) is 4.48. The number of rotatable bonds is 4. The van der Waals surface area contributed by atoms with E-state index in [9.17, 15) is 4.57 Å². The first-order valence-corrected chi connectivity index (χ1v) is 8.79. The molecule has 0 spiro atoms. The predicted octanol–water partition coefficient (Wildman–Crippen LogP) is 3.95. The standard InChI is InChI=1S/C15H12NO4PS/c17-21(18,19)20-14-9-5-4-8-12(14)15-16-13(10-22-15)11-6-2-1-3-7-11/h1-10H,(H2,17,18,19). The SMILES string of the molecule is O=P(O)(O)Oc1ccccc1-c1nc(-c2ccccc2)cs1. The van der Waals surface area contributed by atoms with Crippen LogP contribution in [0.2, 0.25) is 0 Å². The minimum atomic E-state index is -4.61. The third kappa shape index (κ3) is 3.43. The van der Waals surface area contributed by atoms with Crippen molar-refractivity contribution in [2.75, 3.05) is 0 Å². The second-order valence-corrected chi connectivity index (χ2v) is 6.50. The van der Waals surface area contributed by atoms with Crippen molar-refractivity contribution in [3.8, 4) is 27.6 Å². The Hall–Kier alpha value is -1.98. The van der Waals surface area contributed by atoms with E-state index in [1.807, 2.05) is 35.7 Å². The Labute approximate surface area is 131 Å². The number of benzene rings is 2. The quantitative estimate of drug-likeness (QED) is 0.707. The number of hydrogen-bond acceptors (Lipinski definition) is 4. The highest BCUT2D eigenvalue weighted by Gasteiger charge is 2.20. The molecule has 0 aliphatic carbocycles. The molecule has 0 aliphatic rings. The summed E-state index contributed by atoms with van der Waals surface area (Å²) in [7, 11) is -4.61. The second kappa shape index (κ2) is 6.02. The van der Waals surface area contributed by atoms with Crippen LogP contribution < -0.4 is 4.52 Å². The number of hydrogen-bond donors (Lipinski definition) is 2. The van der Waals surface area contributed by atoms with Crippen LogP contribution in [0.4, 0.5) is 0 Å². The van der Waals surface area contributed by atoms with Gasteiger partial charge < -0.3 is 4.52 Å². The highest BCUT2D eigenvalue weighted by Crippen LogP contribution is 2.43. The molecule has 0 radical (unpaired) electrons. The van der Waals surface area contributed by atoms with Crippen LogP contribution in [-0.2, 0) is 4.57 Å². The summed E-state index contributed by atoms with van der Waals surface area (Å²) in [6.07, 6.45) is 0. The van der Waals surface area contributed by atoms with E-state index in [0.29, 0.717) is 10.6 Å². The maximum absolute atomic E-state index is 11.1. The molecule has 3 rings (SSSR count). The zero-order valence-electron chi connectivity index (χ0n) is 11.3. The Morgan fingerprint density at radius 2 is 1.68 bits per heavy atom. The van der Waals surface area contributed by atoms with Gasteiger partial charge in [0.2, 0.25) is 0 Å². The normalized spacial score (nSPS) is 11.4. The summed E-state index contributed by atoms with van der Waals surface area (Å²) in [6, 6.07) is 16.4. The molecule has 3 aromatic rings. The van der Waals surface area contributed by atoms with Crippen molar-refractivity contribution in [3.05, 3.63) is 60.0 Å². The summed E-state index contributed by atoms with van der Waals surface area (Å²) < 4.78 is 15.8. The molecule has 0 bridgehead atoms. The van der Waals surface area contributed by atoms with Gasteiger partial charge in [-0.25, -0.2) is 9.55 Å². The number of phosphoric ester groups is 1. The fourth-order valence-corrected chi connectivity index (χ4v) is 3.26. The molecule has 1 heterocycles. The van der Waals surface area contributed by atoms with Gasteiger partial charge in [0.1, 0.15) is 10.8 Å². The number of para-hydroxylation sites is 1. The third-order valence-corrected chi connectivity index (χ3v) is 4.22. The number of phosphoric acid groups is 1. The third-order valence-electron chi connectivity index (χ3n) is 2.91. The van der Waals surface area contributed by atoms with Crippen LogP contribution >= 0.6 is 19.2 Å². The Balaban J connectivity index is 1.99. The number of aromatic nitrogens is 1. The monoisotopic (exact) mass is 333 g/mol. The van der Waals surface area contributed by atoms with Crippen molar-refractivity contribution < 1.29 is 18.9 Å². The number of nitrogens with zero attached hydrogens (tertiary/aromatic N) is 1. The maximum Gasteiger partial charge on any atom is 0.524 e. The lowest BCUT2D eigenvalue weighted by molar-refractivity contribution is 0.283. The summed E-state index contributed by atoms with van der Waals surface area (Å²) in [4.78, 5) is 22.5. The zero-order chi connectivity index (χ0) is 15.6. The van der Waals surface area contributed by atoms with Gasteiger partial charge in [0.15, 0.2) is 0 Å². The van der Waals surface area contributed by atoms with Crippen LogP contribution in [-0.4, -0.2) is 14.8 Å². The van der Waals surface area contributed by atoms with Crippen LogP contribution in [0.1, 0.15) is 0 Å². The summed E-state index contributed by atoms with van der Waals surface area (Å²) in [5.74, 6) is 0.116. The Morgan fingerprint density at radius 1 is 1.00 bits per heavy atom. The highest BCUT2D eigenvalue weighted by atomic mass is 32.1. The van der Waals surface area contributed by atoms with E-state index in [0.717, 1.165) is 11.3 Å². The van der Waals surface area contributed by atoms with Crippen molar-refractivity contribution in [2.45, 2.75) is 0 Å². The average Bonchev–Trinajstić information content (AvgIpc) is 2.97. The van der Waals surface area contributed by atoms with E-state index >= 15 is 0 Å². The fraction of sp³-hybridized carbons (Fsp3) is 0. The molecule has 1 aromatic heterocycles. The lowest BCUT2D eigenvalue weighted by Gasteiger charge is -2.09. The van der Waals surface area contributed by atoms with Crippen molar-refractivity contribution in [1.29, 1.82) is 0 Å². The molecule has 7 heteroatoms. The Morgan fingerprint density at radius 3 is 2.41 bits per heavy atom. The van der Waals surface area contributed by atoms with Gasteiger partial charge in [-0.1, -0.05) is 42.5 Å². The molecule has 0 fully saturated rings. The molecule has 0 saturated heterocycles. The zero-order valence-corrected chi connectivity index (χ0v) is 13.0. The smallest absolute Gasteiger partial charge is 0.404 e. The Bertz CT molecular complexity index is 828. The van der Waals surface area contributed by atoms with Crippen LogP contribution in [0.15, 0.2) is 60.0 Å². The van der Waals surface area contributed by atoms with Crippen molar-refractivity contribution in [1.82, 2.24) is 4.98 Å². The van der Waals surface area contributed by atoms with Gasteiger partial charge in [0.05, 0.1) is 11.3 Å². The molecule has 22 heavy (non-hydrogen) atoms. The minimum Gasteiger partial charge on any atom is -0.404 e. The lowest BCUT2D eigenvalue weighted by Crippen LogP contribution is -1.92. The summed E-state index contributed by atoms with van der Waals surface area (Å²) in [5.41, 5.74) is 2.35. The molecule has 112 valence electrons. The fourth-order valence-electron chi connectivity index (χ4n) is 1.99. The van der Waals surface area contributed by atoms with E-state index in [-0.39, 0.29) is 5.75 Å². The van der Waals surface area contributed by atoms with E-state index in [1.165, 1.54) is 17.4 Å². The van der Waals surface area contributed by atoms with Crippen molar-refractivity contribution >= 4 is 19.2 Å². The predicted molar refractivity (Wildman–Crippen MR) is 85.7 cm³/mol. The van der Waals surface area contributed by atoms with Crippen LogP contribution in [0.25, 0.3) is 21.8 Å². The molecule has 2 N–H and O–H groups in total. The van der Waals surface area contributed by atoms with Gasteiger partial charge in [0.25, 0.3) is 0 Å². The van der Waals surface area contributed by atoms with Gasteiger partial charge in [-0.2, -0.15) is 0 Å². The first-order valence-electron chi connectivity index (χ1n) is 6.38. The summed E-state index contributed by atoms with van der Waals surface area (Å²) in [6.45, 7) is 0. The first-order chi connectivity index (χ1) is 10.5. The molecular weight excluding hydrogens is 321 g/mol. The van der Waals surface area contributed by atoms with Crippen LogP contribution in [0.3, 0.4) is 0 Å². The van der Waals surface area contributed by atoms with Crippen molar-refractivity contribution in [2.24, 2.45) is 0 Å². The Kier molecular flexibility index (Phi) is 4.09. The van der Waals surface area contributed by atoms with Crippen LogP contribution in [0, 0.1) is 0 Å². The summed E-state index contributed by atoms with van der Waals surface area (Å²) in [5, 5.41) is 2.54. The van der Waals surface area contributed by atoms with Crippen molar-refractivity contribution in [3.63, 3.8) is 0 Å². The summed E-state index contributed by atoms with van der Waals surface area (Å²) >= 11 is 1.39. The molecule has 2 aromatic carbocycles. The van der Waals surface area contributed by atoms with E-state index in [1.54, 1.807) is 18.2 Å². The van der Waals surface area contributed by atoms with E-state index in [2.05, 4.69) is 4.98 Å². The molecular formula is C15H12NO4PS. The molecule has 5 nitrogen and oxygen atoms in total. The molecule has 0 amide bonds. The molecule has 0 aliphatic heterocycles. The van der Waals surface area contributed by atoms with Gasteiger partial charge in [-0.3, -0.25) is 9.79 Å². The minimum absolute atomic E-state index is 0.116. The van der Waals surface area contributed by atoms with Gasteiger partial charge >= 0.3 is 7.82 Å². The van der Waals surface area contributed by atoms with E-state index in [4.69, 9.17) is 14.3 Å². The van der Waals surface area contributed by atoms with Gasteiger partial charge in [0, 0.05) is 10.9 Å². The maximum atomic E-state index is 11.1. The lowest BCUT2D eigenvalue weighted by atomic mass is 10.2. The topological polar surface area (TPSA) is 79.7 Å². The highest BCUT2D eigenvalue weighted by molar-refractivity contribution is 7.46. The van der Waals surface area contributed by atoms with Gasteiger partial charge in [-0.15, -0.1) is 11.3 Å². The molecule has 0 atom stereocenters. The molecule has 0 unspecified atom stereocenters. The van der Waals surface area contributed by atoms with E-state index < -0.39 is 7.82 Å². The average molecular weight is 333 g/mol.